The van der Waals surface area contributed by atoms with Crippen molar-refractivity contribution in [2.24, 2.45) is 0 Å². The molecule has 0 radical (unpaired) electrons. The molecule has 0 unspecified atom stereocenters. The Bertz CT molecular complexity index is 1160. The predicted octanol–water partition coefficient (Wildman–Crippen LogP) is 4.54. The fourth-order valence-corrected chi connectivity index (χ4v) is 4.62. The fourth-order valence-electron chi connectivity index (χ4n) is 3.17. The maximum Gasteiger partial charge on any atom is 0.264 e. The molecule has 1 amide bonds. The molecule has 31 heavy (non-hydrogen) atoms. The van der Waals surface area contributed by atoms with E-state index in [1.54, 1.807) is 48.5 Å². The molecule has 0 fully saturated rings. The summed E-state index contributed by atoms with van der Waals surface area (Å²) in [6.07, 6.45) is 0. The van der Waals surface area contributed by atoms with E-state index in [1.165, 1.54) is 12.1 Å². The highest BCUT2D eigenvalue weighted by molar-refractivity contribution is 7.92. The topological polar surface area (TPSA) is 75.7 Å². The zero-order chi connectivity index (χ0) is 22.4. The number of nitrogens with one attached hydrogen (secondary N) is 1. The van der Waals surface area contributed by atoms with Crippen molar-refractivity contribution >= 4 is 27.3 Å². The lowest BCUT2D eigenvalue weighted by molar-refractivity contribution is -0.114. The van der Waals surface area contributed by atoms with Crippen molar-refractivity contribution in [2.75, 3.05) is 22.8 Å². The van der Waals surface area contributed by atoms with E-state index in [0.29, 0.717) is 23.7 Å². The third-order valence-corrected chi connectivity index (χ3v) is 6.70. The summed E-state index contributed by atoms with van der Waals surface area (Å²) in [4.78, 5) is 13.0. The first-order valence-electron chi connectivity index (χ1n) is 10.00. The molecule has 3 aromatic carbocycles. The number of carbonyl (C=O) groups is 1. The van der Waals surface area contributed by atoms with Crippen molar-refractivity contribution in [1.29, 1.82) is 0 Å². The summed E-state index contributed by atoms with van der Waals surface area (Å²) in [6.45, 7) is 5.66. The van der Waals surface area contributed by atoms with Gasteiger partial charge in [0.15, 0.2) is 0 Å². The average Bonchev–Trinajstić information content (AvgIpc) is 2.76. The molecule has 0 saturated heterocycles. The van der Waals surface area contributed by atoms with Crippen molar-refractivity contribution in [3.05, 3.63) is 83.9 Å². The Labute approximate surface area is 183 Å². The van der Waals surface area contributed by atoms with Crippen LogP contribution in [0.4, 0.5) is 11.4 Å². The zero-order valence-corrected chi connectivity index (χ0v) is 18.6. The molecule has 6 nitrogen and oxygen atoms in total. The summed E-state index contributed by atoms with van der Waals surface area (Å²) in [5, 5.41) is 2.84. The molecular weight excluding hydrogens is 412 g/mol. The maximum atomic E-state index is 13.5. The molecule has 3 aromatic rings. The summed E-state index contributed by atoms with van der Waals surface area (Å²) in [7, 11) is -4.01. The molecule has 0 spiro atoms. The number of sulfonamides is 1. The quantitative estimate of drug-likeness (QED) is 0.560. The van der Waals surface area contributed by atoms with Crippen LogP contribution in [0.25, 0.3) is 0 Å². The second-order valence-electron chi connectivity index (χ2n) is 7.02. The lowest BCUT2D eigenvalue weighted by Gasteiger charge is -2.26. The minimum absolute atomic E-state index is 0.0980. The number of anilines is 2. The minimum Gasteiger partial charge on any atom is -0.492 e. The summed E-state index contributed by atoms with van der Waals surface area (Å²) in [6, 6.07) is 20.5. The van der Waals surface area contributed by atoms with Gasteiger partial charge in [-0.2, -0.15) is 0 Å². The van der Waals surface area contributed by atoms with Gasteiger partial charge in [-0.15, -0.1) is 0 Å². The van der Waals surface area contributed by atoms with Crippen LogP contribution in [0.5, 0.6) is 5.75 Å². The predicted molar refractivity (Wildman–Crippen MR) is 123 cm³/mol. The molecule has 0 atom stereocenters. The van der Waals surface area contributed by atoms with Gasteiger partial charge in [0.25, 0.3) is 10.0 Å². The van der Waals surface area contributed by atoms with Crippen LogP contribution in [0, 0.1) is 13.8 Å². The summed E-state index contributed by atoms with van der Waals surface area (Å²) in [5.41, 5.74) is 2.93. The first kappa shape index (κ1) is 22.4. The highest BCUT2D eigenvalue weighted by atomic mass is 32.2. The van der Waals surface area contributed by atoms with Gasteiger partial charge < -0.3 is 10.1 Å². The number of hydrogen-bond donors (Lipinski definition) is 1. The number of ether oxygens (including phenoxy) is 1. The molecule has 0 bridgehead atoms. The molecule has 0 aliphatic carbocycles. The van der Waals surface area contributed by atoms with E-state index < -0.39 is 22.5 Å². The van der Waals surface area contributed by atoms with Crippen LogP contribution in [0.3, 0.4) is 0 Å². The molecule has 7 heteroatoms. The Morgan fingerprint density at radius 3 is 2.32 bits per heavy atom. The van der Waals surface area contributed by atoms with Gasteiger partial charge in [0.1, 0.15) is 12.3 Å². The highest BCUT2D eigenvalue weighted by Gasteiger charge is 2.29. The number of para-hydroxylation sites is 2. The molecular formula is C24H26N2O4S. The third-order valence-electron chi connectivity index (χ3n) is 4.93. The second-order valence-corrected chi connectivity index (χ2v) is 8.88. The molecule has 162 valence electrons. The Hall–Kier alpha value is -3.32. The molecule has 0 saturated carbocycles. The first-order chi connectivity index (χ1) is 14.8. The van der Waals surface area contributed by atoms with Crippen LogP contribution in [-0.4, -0.2) is 27.5 Å². The number of benzene rings is 3. The van der Waals surface area contributed by atoms with Gasteiger partial charge in [0.2, 0.25) is 5.91 Å². The standard InChI is InChI=1S/C24H26N2O4S/c1-4-30-23-16-9-8-15-22(23)26(31(28,29)20-12-6-5-7-13-20)17-24(27)25-21-14-10-11-18(2)19(21)3/h5-16H,4,17H2,1-3H3,(H,25,27). The fraction of sp³-hybridized carbons (Fsp3) is 0.208. The summed E-state index contributed by atoms with van der Waals surface area (Å²) >= 11 is 0. The SMILES string of the molecule is CCOc1ccccc1N(CC(=O)Nc1cccc(C)c1C)S(=O)(=O)c1ccccc1. The normalized spacial score (nSPS) is 11.1. The van der Waals surface area contributed by atoms with E-state index in [0.717, 1.165) is 15.4 Å². The van der Waals surface area contributed by atoms with Gasteiger partial charge in [0, 0.05) is 5.69 Å². The van der Waals surface area contributed by atoms with Gasteiger partial charge >= 0.3 is 0 Å². The van der Waals surface area contributed by atoms with Gasteiger partial charge in [0.05, 0.1) is 17.2 Å². The Morgan fingerprint density at radius 1 is 0.935 bits per heavy atom. The van der Waals surface area contributed by atoms with E-state index in [-0.39, 0.29) is 4.90 Å². The van der Waals surface area contributed by atoms with E-state index in [4.69, 9.17) is 4.74 Å². The Kier molecular flexibility index (Phi) is 6.97. The van der Waals surface area contributed by atoms with E-state index in [2.05, 4.69) is 5.32 Å². The van der Waals surface area contributed by atoms with Crippen molar-refractivity contribution in [2.45, 2.75) is 25.7 Å². The van der Waals surface area contributed by atoms with E-state index >= 15 is 0 Å². The van der Waals surface area contributed by atoms with E-state index in [1.807, 2.05) is 32.9 Å². The highest BCUT2D eigenvalue weighted by Crippen LogP contribution is 2.32. The van der Waals surface area contributed by atoms with Crippen LogP contribution in [0.2, 0.25) is 0 Å². The summed E-state index contributed by atoms with van der Waals surface area (Å²) < 4.78 is 33.7. The number of amides is 1. The van der Waals surface area contributed by atoms with Crippen LogP contribution in [0.15, 0.2) is 77.7 Å². The minimum atomic E-state index is -4.01. The van der Waals surface area contributed by atoms with Gasteiger partial charge in [-0.3, -0.25) is 9.10 Å². The monoisotopic (exact) mass is 438 g/mol. The number of carbonyl (C=O) groups excluding carboxylic acids is 1. The van der Waals surface area contributed by atoms with Crippen molar-refractivity contribution in [3.8, 4) is 5.75 Å². The van der Waals surface area contributed by atoms with Gasteiger partial charge in [-0.25, -0.2) is 8.42 Å². The Balaban J connectivity index is 2.01. The lowest BCUT2D eigenvalue weighted by atomic mass is 10.1. The van der Waals surface area contributed by atoms with Gasteiger partial charge in [-0.1, -0.05) is 42.5 Å². The molecule has 0 aromatic heterocycles. The van der Waals surface area contributed by atoms with Crippen LogP contribution in [0.1, 0.15) is 18.1 Å². The van der Waals surface area contributed by atoms with Crippen molar-refractivity contribution in [1.82, 2.24) is 0 Å². The molecule has 3 rings (SSSR count). The smallest absolute Gasteiger partial charge is 0.264 e. The van der Waals surface area contributed by atoms with Crippen LogP contribution in [-0.2, 0) is 14.8 Å². The zero-order valence-electron chi connectivity index (χ0n) is 17.8. The van der Waals surface area contributed by atoms with Crippen LogP contribution >= 0.6 is 0 Å². The third kappa shape index (κ3) is 5.06. The first-order valence-corrected chi connectivity index (χ1v) is 11.4. The molecule has 0 aliphatic rings. The number of rotatable bonds is 8. The second kappa shape index (κ2) is 9.66. The maximum absolute atomic E-state index is 13.5. The molecule has 1 N–H and O–H groups in total. The summed E-state index contributed by atoms with van der Waals surface area (Å²) in [5.74, 6) is -0.0523. The number of hydrogen-bond acceptors (Lipinski definition) is 4. The van der Waals surface area contributed by atoms with Crippen LogP contribution < -0.4 is 14.4 Å². The average molecular weight is 439 g/mol. The number of nitrogens with zero attached hydrogens (tertiary/aromatic N) is 1. The van der Waals surface area contributed by atoms with Crippen molar-refractivity contribution in [3.63, 3.8) is 0 Å². The Morgan fingerprint density at radius 2 is 1.61 bits per heavy atom. The van der Waals surface area contributed by atoms with Crippen molar-refractivity contribution < 1.29 is 17.9 Å². The number of aryl methyl sites for hydroxylation is 1. The molecule has 0 heterocycles. The molecule has 0 aliphatic heterocycles. The van der Waals surface area contributed by atoms with E-state index in [9.17, 15) is 13.2 Å². The largest absolute Gasteiger partial charge is 0.492 e. The lowest BCUT2D eigenvalue weighted by Crippen LogP contribution is -2.38. The van der Waals surface area contributed by atoms with Gasteiger partial charge in [-0.05, 0) is 62.2 Å².